The number of phenols is 1. The first-order valence-electron chi connectivity index (χ1n) is 5.72. The van der Waals surface area contributed by atoms with Gasteiger partial charge >= 0.3 is 0 Å². The fourth-order valence-corrected chi connectivity index (χ4v) is 1.70. The molecular weight excluding hydrogens is 247 g/mol. The van der Waals surface area contributed by atoms with Crippen molar-refractivity contribution in [3.8, 4) is 5.75 Å². The summed E-state index contributed by atoms with van der Waals surface area (Å²) in [6, 6.07) is 8.74. The molecule has 0 aliphatic heterocycles. The number of hydrogen-bond donors (Lipinski definition) is 1. The Hall–Kier alpha value is -2.43. The van der Waals surface area contributed by atoms with E-state index in [-0.39, 0.29) is 17.2 Å². The second kappa shape index (κ2) is 5.48. The normalized spacial score (nSPS) is 10.2. The minimum absolute atomic E-state index is 0.0693. The highest BCUT2D eigenvalue weighted by atomic mass is 19.1. The summed E-state index contributed by atoms with van der Waals surface area (Å²) in [5.74, 6) is -1.33. The molecular formula is C14H13FN2O2. The Balaban J connectivity index is 2.15. The van der Waals surface area contributed by atoms with Gasteiger partial charge < -0.3 is 10.0 Å². The second-order valence-corrected chi connectivity index (χ2v) is 4.14. The number of amides is 1. The zero-order valence-electron chi connectivity index (χ0n) is 10.4. The number of carbonyl (C=O) groups excluding carboxylic acids is 1. The van der Waals surface area contributed by atoms with Crippen LogP contribution in [0.5, 0.6) is 5.75 Å². The van der Waals surface area contributed by atoms with Gasteiger partial charge in [-0.15, -0.1) is 0 Å². The summed E-state index contributed by atoms with van der Waals surface area (Å²) in [6.07, 6.45) is 1.64. The molecule has 2 aromatic rings. The van der Waals surface area contributed by atoms with Crippen LogP contribution in [0, 0.1) is 5.82 Å². The van der Waals surface area contributed by atoms with E-state index < -0.39 is 5.82 Å². The zero-order valence-corrected chi connectivity index (χ0v) is 10.4. The molecule has 0 aliphatic rings. The largest absolute Gasteiger partial charge is 0.507 e. The van der Waals surface area contributed by atoms with Crippen molar-refractivity contribution in [2.24, 2.45) is 0 Å². The number of benzene rings is 1. The van der Waals surface area contributed by atoms with Crippen molar-refractivity contribution in [2.45, 2.75) is 6.54 Å². The predicted octanol–water partition coefficient (Wildman–Crippen LogP) is 2.20. The molecule has 0 spiro atoms. The van der Waals surface area contributed by atoms with Gasteiger partial charge in [-0.2, -0.15) is 0 Å². The molecule has 2 rings (SSSR count). The second-order valence-electron chi connectivity index (χ2n) is 4.14. The summed E-state index contributed by atoms with van der Waals surface area (Å²) >= 11 is 0. The average Bonchev–Trinajstić information content (AvgIpc) is 2.39. The number of aromatic nitrogens is 1. The molecule has 1 aromatic heterocycles. The fourth-order valence-electron chi connectivity index (χ4n) is 1.70. The number of hydrogen-bond acceptors (Lipinski definition) is 3. The lowest BCUT2D eigenvalue weighted by Gasteiger charge is -2.17. The molecule has 0 unspecified atom stereocenters. The predicted molar refractivity (Wildman–Crippen MR) is 68.1 cm³/mol. The van der Waals surface area contributed by atoms with Gasteiger partial charge in [-0.1, -0.05) is 6.07 Å². The number of aromatic hydroxyl groups is 1. The van der Waals surface area contributed by atoms with Gasteiger partial charge in [0.2, 0.25) is 0 Å². The fraction of sp³-hybridized carbons (Fsp3) is 0.143. The zero-order chi connectivity index (χ0) is 13.8. The molecule has 1 aromatic carbocycles. The smallest absolute Gasteiger partial charge is 0.257 e. The van der Waals surface area contributed by atoms with E-state index in [1.807, 2.05) is 6.07 Å². The maximum Gasteiger partial charge on any atom is 0.257 e. The molecule has 5 heteroatoms. The van der Waals surface area contributed by atoms with Gasteiger partial charge in [0.1, 0.15) is 11.6 Å². The molecule has 1 N–H and O–H groups in total. The molecule has 0 aliphatic carbocycles. The van der Waals surface area contributed by atoms with Gasteiger partial charge in [0.25, 0.3) is 5.91 Å². The van der Waals surface area contributed by atoms with Crippen LogP contribution in [0.25, 0.3) is 0 Å². The summed E-state index contributed by atoms with van der Waals surface area (Å²) in [7, 11) is 1.60. The number of rotatable bonds is 3. The molecule has 98 valence electrons. The van der Waals surface area contributed by atoms with Crippen molar-refractivity contribution in [2.75, 3.05) is 7.05 Å². The average molecular weight is 260 g/mol. The Bertz CT molecular complexity index is 587. The molecule has 4 nitrogen and oxygen atoms in total. The Morgan fingerprint density at radius 1 is 1.37 bits per heavy atom. The van der Waals surface area contributed by atoms with Crippen LogP contribution in [-0.4, -0.2) is 27.9 Å². The summed E-state index contributed by atoms with van der Waals surface area (Å²) in [6.45, 7) is 0.316. The SMILES string of the molecule is CN(Cc1ccccn1)C(=O)c1ccc(F)cc1O. The topological polar surface area (TPSA) is 53.4 Å². The van der Waals surface area contributed by atoms with E-state index in [9.17, 15) is 14.3 Å². The highest BCUT2D eigenvalue weighted by Crippen LogP contribution is 2.20. The van der Waals surface area contributed by atoms with E-state index in [1.54, 1.807) is 25.4 Å². The minimum atomic E-state index is -0.582. The molecule has 0 atom stereocenters. The number of pyridine rings is 1. The van der Waals surface area contributed by atoms with Crippen LogP contribution in [0.1, 0.15) is 16.1 Å². The molecule has 1 heterocycles. The molecule has 0 saturated heterocycles. The molecule has 0 saturated carbocycles. The maximum absolute atomic E-state index is 12.9. The Labute approximate surface area is 110 Å². The first-order chi connectivity index (χ1) is 9.08. The highest BCUT2D eigenvalue weighted by Gasteiger charge is 2.16. The van der Waals surface area contributed by atoms with Crippen LogP contribution in [0.4, 0.5) is 4.39 Å². The first kappa shape index (κ1) is 13.0. The molecule has 1 amide bonds. The number of phenolic OH excluding ortho intramolecular Hbond substituents is 1. The van der Waals surface area contributed by atoms with Crippen molar-refractivity contribution >= 4 is 5.91 Å². The van der Waals surface area contributed by atoms with Crippen molar-refractivity contribution in [1.82, 2.24) is 9.88 Å². The summed E-state index contributed by atoms with van der Waals surface area (Å²) in [4.78, 5) is 17.6. The number of carbonyl (C=O) groups is 1. The van der Waals surface area contributed by atoms with Gasteiger partial charge in [-0.05, 0) is 24.3 Å². The third kappa shape index (κ3) is 3.07. The van der Waals surface area contributed by atoms with E-state index >= 15 is 0 Å². The van der Waals surface area contributed by atoms with Crippen LogP contribution in [0.2, 0.25) is 0 Å². The van der Waals surface area contributed by atoms with Crippen molar-refractivity contribution in [1.29, 1.82) is 0 Å². The lowest BCUT2D eigenvalue weighted by Crippen LogP contribution is -2.26. The summed E-state index contributed by atoms with van der Waals surface area (Å²) in [5, 5.41) is 9.57. The molecule has 0 bridgehead atoms. The van der Waals surface area contributed by atoms with Gasteiger partial charge in [0, 0.05) is 19.3 Å². The van der Waals surface area contributed by atoms with Crippen molar-refractivity contribution < 1.29 is 14.3 Å². The number of halogens is 1. The minimum Gasteiger partial charge on any atom is -0.507 e. The van der Waals surface area contributed by atoms with Crippen LogP contribution < -0.4 is 0 Å². The van der Waals surface area contributed by atoms with E-state index in [0.717, 1.165) is 17.8 Å². The van der Waals surface area contributed by atoms with E-state index in [2.05, 4.69) is 4.98 Å². The Morgan fingerprint density at radius 2 is 2.16 bits per heavy atom. The van der Waals surface area contributed by atoms with Crippen molar-refractivity contribution in [3.63, 3.8) is 0 Å². The Morgan fingerprint density at radius 3 is 2.79 bits per heavy atom. The summed E-state index contributed by atoms with van der Waals surface area (Å²) in [5.41, 5.74) is 0.805. The van der Waals surface area contributed by atoms with Gasteiger partial charge in [0.05, 0.1) is 17.8 Å². The van der Waals surface area contributed by atoms with Gasteiger partial charge in [0.15, 0.2) is 0 Å². The number of nitrogens with zero attached hydrogens (tertiary/aromatic N) is 2. The standard InChI is InChI=1S/C14H13FN2O2/c1-17(9-11-4-2-3-7-16-11)14(19)12-6-5-10(15)8-13(12)18/h2-8,18H,9H2,1H3. The monoisotopic (exact) mass is 260 g/mol. The molecule has 0 radical (unpaired) electrons. The molecule has 0 fully saturated rings. The van der Waals surface area contributed by atoms with Crippen molar-refractivity contribution in [3.05, 3.63) is 59.7 Å². The van der Waals surface area contributed by atoms with E-state index in [4.69, 9.17) is 0 Å². The van der Waals surface area contributed by atoms with Gasteiger partial charge in [-0.25, -0.2) is 4.39 Å². The quantitative estimate of drug-likeness (QED) is 0.920. The van der Waals surface area contributed by atoms with Crippen LogP contribution in [0.15, 0.2) is 42.6 Å². The van der Waals surface area contributed by atoms with E-state index in [1.165, 1.54) is 11.0 Å². The third-order valence-corrected chi connectivity index (χ3v) is 2.66. The lowest BCUT2D eigenvalue weighted by molar-refractivity contribution is 0.0780. The molecule has 19 heavy (non-hydrogen) atoms. The van der Waals surface area contributed by atoms with Crippen LogP contribution in [-0.2, 0) is 6.54 Å². The van der Waals surface area contributed by atoms with Crippen LogP contribution >= 0.6 is 0 Å². The lowest BCUT2D eigenvalue weighted by atomic mass is 10.1. The highest BCUT2D eigenvalue weighted by molar-refractivity contribution is 5.96. The van der Waals surface area contributed by atoms with E-state index in [0.29, 0.717) is 6.54 Å². The van der Waals surface area contributed by atoms with Crippen LogP contribution in [0.3, 0.4) is 0 Å². The Kier molecular flexibility index (Phi) is 3.75. The third-order valence-electron chi connectivity index (χ3n) is 2.66. The maximum atomic E-state index is 12.9. The first-order valence-corrected chi connectivity index (χ1v) is 5.72. The summed E-state index contributed by atoms with van der Waals surface area (Å²) < 4.78 is 12.9. The van der Waals surface area contributed by atoms with Gasteiger partial charge in [-0.3, -0.25) is 9.78 Å².